The zero-order chi connectivity index (χ0) is 17.9. The number of hydrogen-bond acceptors (Lipinski definition) is 6. The van der Waals surface area contributed by atoms with Crippen molar-refractivity contribution in [3.63, 3.8) is 0 Å². The molecule has 8 nitrogen and oxygen atoms in total. The molecule has 0 saturated carbocycles. The van der Waals surface area contributed by atoms with Crippen LogP contribution >= 0.6 is 0 Å². The summed E-state index contributed by atoms with van der Waals surface area (Å²) >= 11 is 0. The summed E-state index contributed by atoms with van der Waals surface area (Å²) in [4.78, 5) is 14.5. The lowest BCUT2D eigenvalue weighted by molar-refractivity contribution is 0.0708. The molecule has 0 aromatic heterocycles. The van der Waals surface area contributed by atoms with Gasteiger partial charge in [-0.2, -0.15) is 0 Å². The summed E-state index contributed by atoms with van der Waals surface area (Å²) in [5.74, 6) is 0.340. The van der Waals surface area contributed by atoms with Crippen LogP contribution < -0.4 is 19.5 Å². The van der Waals surface area contributed by atoms with Gasteiger partial charge in [0.15, 0.2) is 11.5 Å². The number of rotatable bonds is 5. The zero-order valence-electron chi connectivity index (χ0n) is 14.3. The van der Waals surface area contributed by atoms with E-state index in [1.807, 2.05) is 6.92 Å². The van der Waals surface area contributed by atoms with Gasteiger partial charge in [-0.25, -0.2) is 8.42 Å². The molecular formula is C15H23N3O5S. The molecule has 24 heavy (non-hydrogen) atoms. The second kappa shape index (κ2) is 7.27. The van der Waals surface area contributed by atoms with E-state index in [9.17, 15) is 13.2 Å². The standard InChI is InChI=1S/C15H23N3O5S/c1-10-9-18(6-5-16-10)15(19)11-7-12(17-24(4,20)21)14(23-3)13(8-11)22-2/h7-8,10,16-17H,5-6,9H2,1-4H3. The van der Waals surface area contributed by atoms with E-state index in [1.165, 1.54) is 20.3 Å². The van der Waals surface area contributed by atoms with Crippen molar-refractivity contribution in [3.05, 3.63) is 17.7 Å². The maximum absolute atomic E-state index is 12.8. The Morgan fingerprint density at radius 1 is 1.33 bits per heavy atom. The molecular weight excluding hydrogens is 334 g/mol. The Morgan fingerprint density at radius 2 is 2.04 bits per heavy atom. The molecule has 134 valence electrons. The van der Waals surface area contributed by atoms with E-state index in [4.69, 9.17) is 9.47 Å². The maximum Gasteiger partial charge on any atom is 0.254 e. The minimum Gasteiger partial charge on any atom is -0.493 e. The van der Waals surface area contributed by atoms with Crippen molar-refractivity contribution in [2.45, 2.75) is 13.0 Å². The first-order chi connectivity index (χ1) is 11.2. The summed E-state index contributed by atoms with van der Waals surface area (Å²) in [7, 11) is -0.690. The van der Waals surface area contributed by atoms with Crippen molar-refractivity contribution in [2.75, 3.05) is 44.8 Å². The molecule has 1 heterocycles. The summed E-state index contributed by atoms with van der Waals surface area (Å²) in [6.07, 6.45) is 1.03. The normalized spacial score (nSPS) is 18.2. The predicted octanol–water partition coefficient (Wildman–Crippen LogP) is 0.509. The van der Waals surface area contributed by atoms with Gasteiger partial charge in [0.2, 0.25) is 10.0 Å². The van der Waals surface area contributed by atoms with Crippen molar-refractivity contribution in [1.82, 2.24) is 10.2 Å². The molecule has 1 atom stereocenters. The van der Waals surface area contributed by atoms with Crippen LogP contribution in [0.1, 0.15) is 17.3 Å². The van der Waals surface area contributed by atoms with Crippen molar-refractivity contribution in [1.29, 1.82) is 0 Å². The Hall–Kier alpha value is -2.00. The van der Waals surface area contributed by atoms with Gasteiger partial charge in [-0.05, 0) is 19.1 Å². The number of nitrogens with one attached hydrogen (secondary N) is 2. The van der Waals surface area contributed by atoms with E-state index in [-0.39, 0.29) is 29.1 Å². The van der Waals surface area contributed by atoms with Crippen LogP contribution in [0, 0.1) is 0 Å². The largest absolute Gasteiger partial charge is 0.493 e. The smallest absolute Gasteiger partial charge is 0.254 e. The average Bonchev–Trinajstić information content (AvgIpc) is 2.51. The van der Waals surface area contributed by atoms with Gasteiger partial charge in [0.25, 0.3) is 5.91 Å². The molecule has 1 aliphatic heterocycles. The number of anilines is 1. The van der Waals surface area contributed by atoms with E-state index >= 15 is 0 Å². The van der Waals surface area contributed by atoms with Gasteiger partial charge in [-0.1, -0.05) is 0 Å². The van der Waals surface area contributed by atoms with Crippen molar-refractivity contribution in [3.8, 4) is 11.5 Å². The van der Waals surface area contributed by atoms with Crippen LogP contribution in [-0.4, -0.2) is 65.4 Å². The molecule has 1 aromatic rings. The lowest BCUT2D eigenvalue weighted by Gasteiger charge is -2.32. The number of benzene rings is 1. The predicted molar refractivity (Wildman–Crippen MR) is 91.4 cm³/mol. The fraction of sp³-hybridized carbons (Fsp3) is 0.533. The molecule has 1 saturated heterocycles. The molecule has 2 rings (SSSR count). The minimum absolute atomic E-state index is 0.172. The monoisotopic (exact) mass is 357 g/mol. The number of methoxy groups -OCH3 is 2. The molecule has 9 heteroatoms. The number of amides is 1. The van der Waals surface area contributed by atoms with Crippen LogP contribution in [0.4, 0.5) is 5.69 Å². The first-order valence-corrected chi connectivity index (χ1v) is 9.40. The Kier molecular flexibility index (Phi) is 5.55. The number of nitrogens with zero attached hydrogens (tertiary/aromatic N) is 1. The second-order valence-electron chi connectivity index (χ2n) is 5.74. The molecule has 1 amide bonds. The van der Waals surface area contributed by atoms with Crippen molar-refractivity contribution in [2.24, 2.45) is 0 Å². The number of sulfonamides is 1. The Balaban J connectivity index is 2.42. The SMILES string of the molecule is COc1cc(C(=O)N2CCNC(C)C2)cc(NS(C)(=O)=O)c1OC. The molecule has 0 radical (unpaired) electrons. The Bertz CT molecular complexity index is 720. The number of piperazine rings is 1. The highest BCUT2D eigenvalue weighted by molar-refractivity contribution is 7.92. The quantitative estimate of drug-likeness (QED) is 0.797. The highest BCUT2D eigenvalue weighted by atomic mass is 32.2. The van der Waals surface area contributed by atoms with Gasteiger partial charge in [-0.3, -0.25) is 9.52 Å². The molecule has 1 aliphatic rings. The third-order valence-electron chi connectivity index (χ3n) is 3.68. The first-order valence-electron chi connectivity index (χ1n) is 7.51. The maximum atomic E-state index is 12.8. The van der Waals surface area contributed by atoms with Gasteiger partial charge in [-0.15, -0.1) is 0 Å². The lowest BCUT2D eigenvalue weighted by Crippen LogP contribution is -2.51. The van der Waals surface area contributed by atoms with E-state index < -0.39 is 10.0 Å². The third-order valence-corrected chi connectivity index (χ3v) is 4.27. The summed E-state index contributed by atoms with van der Waals surface area (Å²) in [5, 5.41) is 3.27. The van der Waals surface area contributed by atoms with E-state index in [2.05, 4.69) is 10.0 Å². The van der Waals surface area contributed by atoms with Crippen LogP contribution in [0.15, 0.2) is 12.1 Å². The minimum atomic E-state index is -3.53. The molecule has 1 aromatic carbocycles. The van der Waals surface area contributed by atoms with Crippen LogP contribution in [-0.2, 0) is 10.0 Å². The van der Waals surface area contributed by atoms with Crippen LogP contribution in [0.25, 0.3) is 0 Å². The summed E-state index contributed by atoms with van der Waals surface area (Å²) in [5.41, 5.74) is 0.513. The molecule has 1 fully saturated rings. The fourth-order valence-electron chi connectivity index (χ4n) is 2.66. The van der Waals surface area contributed by atoms with E-state index in [0.29, 0.717) is 25.2 Å². The van der Waals surface area contributed by atoms with Gasteiger partial charge in [0.1, 0.15) is 0 Å². The fourth-order valence-corrected chi connectivity index (χ4v) is 3.21. The zero-order valence-corrected chi connectivity index (χ0v) is 15.1. The number of ether oxygens (including phenoxy) is 2. The third kappa shape index (κ3) is 4.30. The van der Waals surface area contributed by atoms with Crippen LogP contribution in [0.5, 0.6) is 11.5 Å². The van der Waals surface area contributed by atoms with Gasteiger partial charge in [0, 0.05) is 31.2 Å². The summed E-state index contributed by atoms with van der Waals surface area (Å²) < 4.78 is 36.0. The van der Waals surface area contributed by atoms with Crippen LogP contribution in [0.2, 0.25) is 0 Å². The molecule has 0 spiro atoms. The summed E-state index contributed by atoms with van der Waals surface area (Å²) in [6.45, 7) is 3.90. The molecule has 0 aliphatic carbocycles. The number of carbonyl (C=O) groups excluding carboxylic acids is 1. The highest BCUT2D eigenvalue weighted by Gasteiger charge is 2.24. The molecule has 0 bridgehead atoms. The Morgan fingerprint density at radius 3 is 2.58 bits per heavy atom. The average molecular weight is 357 g/mol. The summed E-state index contributed by atoms with van der Waals surface area (Å²) in [6, 6.07) is 3.23. The Labute approximate surface area is 142 Å². The number of carbonyl (C=O) groups is 1. The molecule has 1 unspecified atom stereocenters. The van der Waals surface area contributed by atoms with Gasteiger partial charge in [0.05, 0.1) is 26.2 Å². The second-order valence-corrected chi connectivity index (χ2v) is 7.49. The van der Waals surface area contributed by atoms with Crippen LogP contribution in [0.3, 0.4) is 0 Å². The van der Waals surface area contributed by atoms with E-state index in [1.54, 1.807) is 11.0 Å². The first kappa shape index (κ1) is 18.3. The van der Waals surface area contributed by atoms with Gasteiger partial charge >= 0.3 is 0 Å². The lowest BCUT2D eigenvalue weighted by atomic mass is 10.1. The number of hydrogen-bond donors (Lipinski definition) is 2. The van der Waals surface area contributed by atoms with Gasteiger partial charge < -0.3 is 19.7 Å². The van der Waals surface area contributed by atoms with E-state index in [0.717, 1.165) is 6.26 Å². The van der Waals surface area contributed by atoms with Crippen molar-refractivity contribution < 1.29 is 22.7 Å². The topological polar surface area (TPSA) is 97.0 Å². The van der Waals surface area contributed by atoms with Crippen molar-refractivity contribution >= 4 is 21.6 Å². The highest BCUT2D eigenvalue weighted by Crippen LogP contribution is 2.37. The molecule has 2 N–H and O–H groups in total.